The number of nitrogens with one attached hydrogen (secondary N) is 1. The van der Waals surface area contributed by atoms with Gasteiger partial charge in [0, 0.05) is 26.2 Å². The topological polar surface area (TPSA) is 24.5 Å². The molecule has 21 heavy (non-hydrogen) atoms. The lowest BCUT2D eigenvalue weighted by molar-refractivity contribution is 0.0152. The molecule has 1 aliphatic rings. The van der Waals surface area contributed by atoms with Crippen molar-refractivity contribution in [3.63, 3.8) is 0 Å². The van der Waals surface area contributed by atoms with Crippen LogP contribution in [0.2, 0.25) is 0 Å². The van der Waals surface area contributed by atoms with Crippen molar-refractivity contribution in [2.24, 2.45) is 0 Å². The second-order valence-electron chi connectivity index (χ2n) is 4.42. The smallest absolute Gasteiger partial charge is 0.258 e. The number of alkyl halides is 2. The van der Waals surface area contributed by atoms with Crippen molar-refractivity contribution in [2.75, 3.05) is 33.3 Å². The molecule has 1 aliphatic heterocycles. The number of rotatable bonds is 4. The number of piperazine rings is 1. The van der Waals surface area contributed by atoms with Crippen LogP contribution >= 0.6 is 24.8 Å². The first kappa shape index (κ1) is 20.3. The first-order chi connectivity index (χ1) is 9.15. The molecule has 1 fully saturated rings. The summed E-state index contributed by atoms with van der Waals surface area (Å²) in [5, 5.41) is 3.09. The SMILES string of the molecule is COc1cccc(F)c1[C@H](C(F)F)N1CCNCC1.Cl.Cl. The molecule has 0 unspecified atom stereocenters. The summed E-state index contributed by atoms with van der Waals surface area (Å²) < 4.78 is 45.7. The summed E-state index contributed by atoms with van der Waals surface area (Å²) >= 11 is 0. The highest BCUT2D eigenvalue weighted by Gasteiger charge is 2.34. The van der Waals surface area contributed by atoms with Crippen LogP contribution in [0.3, 0.4) is 0 Å². The van der Waals surface area contributed by atoms with Gasteiger partial charge < -0.3 is 10.1 Å². The Morgan fingerprint density at radius 1 is 1.19 bits per heavy atom. The van der Waals surface area contributed by atoms with E-state index in [2.05, 4.69) is 5.32 Å². The van der Waals surface area contributed by atoms with Gasteiger partial charge in [-0.15, -0.1) is 24.8 Å². The fourth-order valence-corrected chi connectivity index (χ4v) is 2.41. The van der Waals surface area contributed by atoms with Gasteiger partial charge in [-0.2, -0.15) is 0 Å². The molecule has 1 N–H and O–H groups in total. The maximum absolute atomic E-state index is 13.9. The average Bonchev–Trinajstić information content (AvgIpc) is 2.41. The molecule has 0 radical (unpaired) electrons. The Kier molecular flexibility index (Phi) is 9.04. The fourth-order valence-electron chi connectivity index (χ4n) is 2.41. The zero-order chi connectivity index (χ0) is 13.8. The van der Waals surface area contributed by atoms with Crippen molar-refractivity contribution >= 4 is 24.8 Å². The fraction of sp³-hybridized carbons (Fsp3) is 0.538. The highest BCUT2D eigenvalue weighted by Crippen LogP contribution is 2.35. The van der Waals surface area contributed by atoms with Gasteiger partial charge in [-0.25, -0.2) is 13.2 Å². The number of halogens is 5. The summed E-state index contributed by atoms with van der Waals surface area (Å²) in [6, 6.07) is 2.89. The lowest BCUT2D eigenvalue weighted by Crippen LogP contribution is -2.47. The van der Waals surface area contributed by atoms with Gasteiger partial charge in [0.2, 0.25) is 0 Å². The third kappa shape index (κ3) is 4.64. The first-order valence-corrected chi connectivity index (χ1v) is 6.20. The molecule has 1 aromatic carbocycles. The van der Waals surface area contributed by atoms with Gasteiger partial charge in [0.1, 0.15) is 17.6 Å². The van der Waals surface area contributed by atoms with E-state index in [-0.39, 0.29) is 36.1 Å². The number of benzene rings is 1. The van der Waals surface area contributed by atoms with Crippen molar-refractivity contribution < 1.29 is 17.9 Å². The van der Waals surface area contributed by atoms with E-state index in [9.17, 15) is 13.2 Å². The van der Waals surface area contributed by atoms with Gasteiger partial charge in [0.05, 0.1) is 12.7 Å². The molecule has 0 bridgehead atoms. The minimum absolute atomic E-state index is 0. The molecule has 0 spiro atoms. The number of hydrogen-bond donors (Lipinski definition) is 1. The molecule has 3 nitrogen and oxygen atoms in total. The van der Waals surface area contributed by atoms with Crippen LogP contribution < -0.4 is 10.1 Å². The first-order valence-electron chi connectivity index (χ1n) is 6.20. The van der Waals surface area contributed by atoms with Crippen LogP contribution in [-0.2, 0) is 0 Å². The Labute approximate surface area is 134 Å². The lowest BCUT2D eigenvalue weighted by atomic mass is 10.0. The highest BCUT2D eigenvalue weighted by atomic mass is 35.5. The van der Waals surface area contributed by atoms with E-state index in [0.29, 0.717) is 26.2 Å². The van der Waals surface area contributed by atoms with Gasteiger partial charge in [-0.05, 0) is 12.1 Å². The van der Waals surface area contributed by atoms with Crippen molar-refractivity contribution in [2.45, 2.75) is 12.5 Å². The van der Waals surface area contributed by atoms with Crippen LogP contribution in [0.5, 0.6) is 5.75 Å². The molecule has 1 heterocycles. The lowest BCUT2D eigenvalue weighted by Gasteiger charge is -2.35. The van der Waals surface area contributed by atoms with Crippen LogP contribution in [0.25, 0.3) is 0 Å². The molecule has 1 aromatic rings. The van der Waals surface area contributed by atoms with Crippen molar-refractivity contribution in [3.8, 4) is 5.75 Å². The van der Waals surface area contributed by atoms with E-state index in [1.165, 1.54) is 25.3 Å². The van der Waals surface area contributed by atoms with Crippen LogP contribution in [0.4, 0.5) is 13.2 Å². The van der Waals surface area contributed by atoms with Crippen LogP contribution in [0, 0.1) is 5.82 Å². The standard InChI is InChI=1S/C13H17F3N2O.2ClH/c1-19-10-4-2-3-9(14)11(10)12(13(15)16)18-7-5-17-6-8-18;;/h2-4,12-13,17H,5-8H2,1H3;2*1H/t12-;;/m1../s1. The molecule has 122 valence electrons. The third-order valence-electron chi connectivity index (χ3n) is 3.31. The van der Waals surface area contributed by atoms with Gasteiger partial charge in [-0.3, -0.25) is 4.90 Å². The molecule has 0 aromatic heterocycles. The maximum Gasteiger partial charge on any atom is 0.258 e. The highest BCUT2D eigenvalue weighted by molar-refractivity contribution is 5.85. The summed E-state index contributed by atoms with van der Waals surface area (Å²) in [6.07, 6.45) is -2.66. The molecule has 1 atom stereocenters. The van der Waals surface area contributed by atoms with E-state index >= 15 is 0 Å². The molecular weight excluding hydrogens is 328 g/mol. The zero-order valence-corrected chi connectivity index (χ0v) is 13.2. The maximum atomic E-state index is 13.9. The van der Waals surface area contributed by atoms with E-state index in [0.717, 1.165) is 0 Å². The minimum atomic E-state index is -2.66. The molecular formula is C13H19Cl2F3N2O. The van der Waals surface area contributed by atoms with E-state index < -0.39 is 18.3 Å². The Balaban J connectivity index is 0.00000200. The van der Waals surface area contributed by atoms with Crippen molar-refractivity contribution in [1.29, 1.82) is 0 Å². The Morgan fingerprint density at radius 3 is 2.33 bits per heavy atom. The third-order valence-corrected chi connectivity index (χ3v) is 3.31. The van der Waals surface area contributed by atoms with E-state index in [1.807, 2.05) is 0 Å². The molecule has 0 aliphatic carbocycles. The van der Waals surface area contributed by atoms with Gasteiger partial charge >= 0.3 is 0 Å². The van der Waals surface area contributed by atoms with Gasteiger partial charge in [0.25, 0.3) is 6.43 Å². The second-order valence-corrected chi connectivity index (χ2v) is 4.42. The van der Waals surface area contributed by atoms with Crippen molar-refractivity contribution in [3.05, 3.63) is 29.6 Å². The Morgan fingerprint density at radius 2 is 1.81 bits per heavy atom. The molecule has 0 saturated carbocycles. The zero-order valence-electron chi connectivity index (χ0n) is 11.5. The van der Waals surface area contributed by atoms with E-state index in [1.54, 1.807) is 4.90 Å². The predicted octanol–water partition coefficient (Wildman–Crippen LogP) is 2.89. The summed E-state index contributed by atoms with van der Waals surface area (Å²) in [6.45, 7) is 2.18. The normalized spacial score (nSPS) is 16.8. The van der Waals surface area contributed by atoms with Gasteiger partial charge in [0.15, 0.2) is 0 Å². The summed E-state index contributed by atoms with van der Waals surface area (Å²) in [4.78, 5) is 1.60. The van der Waals surface area contributed by atoms with Crippen LogP contribution in [0.1, 0.15) is 11.6 Å². The van der Waals surface area contributed by atoms with Crippen LogP contribution in [0.15, 0.2) is 18.2 Å². The minimum Gasteiger partial charge on any atom is -0.496 e. The Bertz CT molecular complexity index is 432. The monoisotopic (exact) mass is 346 g/mol. The number of hydrogen-bond acceptors (Lipinski definition) is 3. The summed E-state index contributed by atoms with van der Waals surface area (Å²) in [5.74, 6) is -0.480. The quantitative estimate of drug-likeness (QED) is 0.907. The molecule has 1 saturated heterocycles. The number of ether oxygens (including phenoxy) is 1. The largest absolute Gasteiger partial charge is 0.496 e. The molecule has 8 heteroatoms. The van der Waals surface area contributed by atoms with Gasteiger partial charge in [-0.1, -0.05) is 6.07 Å². The molecule has 2 rings (SSSR count). The average molecular weight is 347 g/mol. The van der Waals surface area contributed by atoms with Crippen LogP contribution in [-0.4, -0.2) is 44.6 Å². The summed E-state index contributed by atoms with van der Waals surface area (Å²) in [7, 11) is 1.36. The Hall–Kier alpha value is -0.690. The predicted molar refractivity (Wildman–Crippen MR) is 80.6 cm³/mol. The second kappa shape index (κ2) is 9.35. The van der Waals surface area contributed by atoms with E-state index in [4.69, 9.17) is 4.74 Å². The number of methoxy groups -OCH3 is 1. The molecule has 0 amide bonds. The number of nitrogens with zero attached hydrogens (tertiary/aromatic N) is 1. The van der Waals surface area contributed by atoms with Crippen molar-refractivity contribution in [1.82, 2.24) is 10.2 Å². The summed E-state index contributed by atoms with van der Waals surface area (Å²) in [5.41, 5.74) is -0.0538.